The van der Waals surface area contributed by atoms with Crippen LogP contribution in [0.4, 0.5) is 0 Å². The van der Waals surface area contributed by atoms with Gasteiger partial charge in [0, 0.05) is 16.2 Å². The van der Waals surface area contributed by atoms with Crippen molar-refractivity contribution in [2.24, 2.45) is 0 Å². The lowest BCUT2D eigenvalue weighted by molar-refractivity contribution is 0.685. The van der Waals surface area contributed by atoms with E-state index >= 15 is 0 Å². The summed E-state index contributed by atoms with van der Waals surface area (Å²) in [7, 11) is 0. The first kappa shape index (κ1) is 9.46. The fourth-order valence-corrected chi connectivity index (χ4v) is 1.93. The molecule has 0 bridgehead atoms. The van der Waals surface area contributed by atoms with E-state index in [0.29, 0.717) is 0 Å². The predicted octanol–water partition coefficient (Wildman–Crippen LogP) is 2.85. The third-order valence-electron chi connectivity index (χ3n) is 2.47. The van der Waals surface area contributed by atoms with Crippen molar-refractivity contribution < 1.29 is 0 Å². The maximum atomic E-state index is 3.54. The number of hydrogen-bond acceptors (Lipinski definition) is 1. The molecule has 2 heteroatoms. The summed E-state index contributed by atoms with van der Waals surface area (Å²) in [4.78, 5) is 0. The van der Waals surface area contributed by atoms with Crippen LogP contribution in [0.2, 0.25) is 0 Å². The smallest absolute Gasteiger partial charge is 0.0211 e. The molecule has 70 valence electrons. The van der Waals surface area contributed by atoms with Gasteiger partial charge in [0.15, 0.2) is 0 Å². The molecule has 1 aliphatic rings. The molecule has 0 aliphatic heterocycles. The maximum absolute atomic E-state index is 3.54. The number of benzene rings is 1. The van der Waals surface area contributed by atoms with Crippen molar-refractivity contribution in [1.82, 2.24) is 5.32 Å². The Hall–Kier alpha value is -0.0900. The molecule has 0 aromatic heterocycles. The van der Waals surface area contributed by atoms with Gasteiger partial charge in [-0.1, -0.05) is 6.07 Å². The Morgan fingerprint density at radius 3 is 2.92 bits per heavy atom. The minimum Gasteiger partial charge on any atom is -0.310 e. The lowest BCUT2D eigenvalue weighted by Gasteiger charge is -2.07. The number of halogens is 1. The van der Waals surface area contributed by atoms with Gasteiger partial charge in [-0.25, -0.2) is 0 Å². The Balaban J connectivity index is 2.03. The second-order valence-electron chi connectivity index (χ2n) is 3.73. The first-order chi connectivity index (χ1) is 6.25. The largest absolute Gasteiger partial charge is 0.310 e. The fourth-order valence-electron chi connectivity index (χ4n) is 1.37. The van der Waals surface area contributed by atoms with Gasteiger partial charge in [-0.3, -0.25) is 0 Å². The number of rotatable bonds is 3. The van der Waals surface area contributed by atoms with E-state index in [9.17, 15) is 0 Å². The summed E-state index contributed by atoms with van der Waals surface area (Å²) >= 11 is 2.37. The average molecular weight is 287 g/mol. The summed E-state index contributed by atoms with van der Waals surface area (Å²) in [5.41, 5.74) is 2.84. The molecule has 1 nitrogen and oxygen atoms in total. The molecule has 1 N–H and O–H groups in total. The number of hydrogen-bond donors (Lipinski definition) is 1. The highest BCUT2D eigenvalue weighted by Crippen LogP contribution is 2.20. The molecule has 1 aromatic carbocycles. The molecular weight excluding hydrogens is 273 g/mol. The zero-order chi connectivity index (χ0) is 9.26. The standard InChI is InChI=1S/C11H14IN/c1-8-2-3-10(12)6-9(8)7-13-11-4-5-11/h2-3,6,11,13H,4-5,7H2,1H3. The Kier molecular flexibility index (Phi) is 2.89. The van der Waals surface area contributed by atoms with Gasteiger partial charge < -0.3 is 5.32 Å². The molecule has 0 heterocycles. The lowest BCUT2D eigenvalue weighted by Crippen LogP contribution is -2.16. The van der Waals surface area contributed by atoms with E-state index in [2.05, 4.69) is 53.0 Å². The molecule has 0 unspecified atom stereocenters. The zero-order valence-corrected chi connectivity index (χ0v) is 9.97. The molecule has 1 aliphatic carbocycles. The highest BCUT2D eigenvalue weighted by Gasteiger charge is 2.20. The third-order valence-corrected chi connectivity index (χ3v) is 3.14. The van der Waals surface area contributed by atoms with Crippen molar-refractivity contribution in [1.29, 1.82) is 0 Å². The van der Waals surface area contributed by atoms with E-state index in [1.165, 1.54) is 27.5 Å². The van der Waals surface area contributed by atoms with Gasteiger partial charge in [-0.15, -0.1) is 0 Å². The van der Waals surface area contributed by atoms with Crippen molar-refractivity contribution in [3.63, 3.8) is 0 Å². The third kappa shape index (κ3) is 2.68. The van der Waals surface area contributed by atoms with Gasteiger partial charge >= 0.3 is 0 Å². The van der Waals surface area contributed by atoms with E-state index in [4.69, 9.17) is 0 Å². The van der Waals surface area contributed by atoms with Crippen molar-refractivity contribution in [2.75, 3.05) is 0 Å². The molecule has 1 saturated carbocycles. The summed E-state index contributed by atoms with van der Waals surface area (Å²) in [6.07, 6.45) is 2.73. The van der Waals surface area contributed by atoms with Crippen molar-refractivity contribution in [2.45, 2.75) is 32.4 Å². The van der Waals surface area contributed by atoms with Crippen LogP contribution in [0.3, 0.4) is 0 Å². The van der Waals surface area contributed by atoms with E-state index < -0.39 is 0 Å². The molecule has 0 amide bonds. The highest BCUT2D eigenvalue weighted by molar-refractivity contribution is 14.1. The van der Waals surface area contributed by atoms with Gasteiger partial charge in [-0.05, 0) is 65.6 Å². The highest BCUT2D eigenvalue weighted by atomic mass is 127. The second kappa shape index (κ2) is 3.96. The second-order valence-corrected chi connectivity index (χ2v) is 4.97. The van der Waals surface area contributed by atoms with Crippen LogP contribution in [-0.2, 0) is 6.54 Å². The lowest BCUT2D eigenvalue weighted by atomic mass is 10.1. The Morgan fingerprint density at radius 2 is 2.23 bits per heavy atom. The Bertz CT molecular complexity index is 305. The van der Waals surface area contributed by atoms with Crippen LogP contribution < -0.4 is 5.32 Å². The zero-order valence-electron chi connectivity index (χ0n) is 7.81. The van der Waals surface area contributed by atoms with Crippen molar-refractivity contribution >= 4 is 22.6 Å². The topological polar surface area (TPSA) is 12.0 Å². The quantitative estimate of drug-likeness (QED) is 0.843. The SMILES string of the molecule is Cc1ccc(I)cc1CNC1CC1. The molecule has 0 spiro atoms. The van der Waals surface area contributed by atoms with Gasteiger partial charge in [0.05, 0.1) is 0 Å². The van der Waals surface area contributed by atoms with Gasteiger partial charge in [0.1, 0.15) is 0 Å². The van der Waals surface area contributed by atoms with Crippen LogP contribution in [0.5, 0.6) is 0 Å². The summed E-state index contributed by atoms with van der Waals surface area (Å²) in [5.74, 6) is 0. The van der Waals surface area contributed by atoms with Crippen molar-refractivity contribution in [3.05, 3.63) is 32.9 Å². The van der Waals surface area contributed by atoms with E-state index in [-0.39, 0.29) is 0 Å². The number of aryl methyl sites for hydroxylation is 1. The first-order valence-electron chi connectivity index (χ1n) is 4.74. The van der Waals surface area contributed by atoms with Crippen LogP contribution in [0, 0.1) is 10.5 Å². The van der Waals surface area contributed by atoms with E-state index in [0.717, 1.165) is 12.6 Å². The molecule has 2 rings (SSSR count). The van der Waals surface area contributed by atoms with Crippen LogP contribution in [0.15, 0.2) is 18.2 Å². The summed E-state index contributed by atoms with van der Waals surface area (Å²) in [5, 5.41) is 3.54. The summed E-state index contributed by atoms with van der Waals surface area (Å²) in [6.45, 7) is 3.22. The Morgan fingerprint density at radius 1 is 1.46 bits per heavy atom. The number of nitrogens with one attached hydrogen (secondary N) is 1. The van der Waals surface area contributed by atoms with Gasteiger partial charge in [0.2, 0.25) is 0 Å². The van der Waals surface area contributed by atoms with Crippen LogP contribution in [0.25, 0.3) is 0 Å². The van der Waals surface area contributed by atoms with Gasteiger partial charge in [-0.2, -0.15) is 0 Å². The van der Waals surface area contributed by atoms with Crippen molar-refractivity contribution in [3.8, 4) is 0 Å². The van der Waals surface area contributed by atoms with E-state index in [1.807, 2.05) is 0 Å². The predicted molar refractivity (Wildman–Crippen MR) is 63.8 cm³/mol. The monoisotopic (exact) mass is 287 g/mol. The van der Waals surface area contributed by atoms with E-state index in [1.54, 1.807) is 0 Å². The molecule has 13 heavy (non-hydrogen) atoms. The van der Waals surface area contributed by atoms with Crippen LogP contribution in [0.1, 0.15) is 24.0 Å². The minimum atomic E-state index is 0.803. The Labute approximate surface area is 93.1 Å². The first-order valence-corrected chi connectivity index (χ1v) is 5.82. The maximum Gasteiger partial charge on any atom is 0.0211 e. The molecule has 0 atom stereocenters. The average Bonchev–Trinajstić information content (AvgIpc) is 2.90. The minimum absolute atomic E-state index is 0.803. The molecule has 0 saturated heterocycles. The van der Waals surface area contributed by atoms with Crippen LogP contribution >= 0.6 is 22.6 Å². The molecule has 1 aromatic rings. The van der Waals surface area contributed by atoms with Gasteiger partial charge in [0.25, 0.3) is 0 Å². The molecule has 0 radical (unpaired) electrons. The normalized spacial score (nSPS) is 16.2. The molecular formula is C11H14IN. The fraction of sp³-hybridized carbons (Fsp3) is 0.455. The summed E-state index contributed by atoms with van der Waals surface area (Å²) < 4.78 is 1.33. The van der Waals surface area contributed by atoms with Crippen LogP contribution in [-0.4, -0.2) is 6.04 Å². The molecule has 1 fully saturated rings. The summed E-state index contributed by atoms with van der Waals surface area (Å²) in [6, 6.07) is 7.44.